The molecule has 0 atom stereocenters. The summed E-state index contributed by atoms with van der Waals surface area (Å²) in [6.07, 6.45) is 3.34. The number of ether oxygens (including phenoxy) is 1. The van der Waals surface area contributed by atoms with Gasteiger partial charge in [0.1, 0.15) is 5.71 Å². The van der Waals surface area contributed by atoms with Crippen molar-refractivity contribution >= 4 is 11.7 Å². The predicted molar refractivity (Wildman–Crippen MR) is 40.2 cm³/mol. The van der Waals surface area contributed by atoms with Gasteiger partial charge in [-0.3, -0.25) is 4.99 Å². The molecular weight excluding hydrogens is 130 g/mol. The fourth-order valence-corrected chi connectivity index (χ4v) is 0.496. The van der Waals surface area contributed by atoms with Gasteiger partial charge in [-0.2, -0.15) is 0 Å². The molecule has 0 aliphatic heterocycles. The lowest BCUT2D eigenvalue weighted by Gasteiger charge is -1.94. The molecule has 0 amide bonds. The van der Waals surface area contributed by atoms with Crippen LogP contribution in [0, 0.1) is 0 Å². The second-order valence-electron chi connectivity index (χ2n) is 1.60. The van der Waals surface area contributed by atoms with Gasteiger partial charge in [0.15, 0.2) is 0 Å². The standard InChI is InChI=1S/C7H11NO2/c1-4-5-6(8-2)7(9)10-3/h4-5H,1-3H3/b5-4-,8-6?. The number of carbonyl (C=O) groups is 1. The highest BCUT2D eigenvalue weighted by atomic mass is 16.5. The molecule has 0 fully saturated rings. The quantitative estimate of drug-likeness (QED) is 0.421. The van der Waals surface area contributed by atoms with Crippen molar-refractivity contribution in [3.8, 4) is 0 Å². The minimum absolute atomic E-state index is 0.338. The fraction of sp³-hybridized carbons (Fsp3) is 0.429. The summed E-state index contributed by atoms with van der Waals surface area (Å²) in [6, 6.07) is 0. The third-order valence-electron chi connectivity index (χ3n) is 0.960. The summed E-state index contributed by atoms with van der Waals surface area (Å²) in [4.78, 5) is 14.4. The summed E-state index contributed by atoms with van der Waals surface area (Å²) in [7, 11) is 2.88. The van der Waals surface area contributed by atoms with Crippen LogP contribution in [-0.2, 0) is 9.53 Å². The number of aliphatic imine (C=N–C) groups is 1. The molecule has 0 heterocycles. The van der Waals surface area contributed by atoms with Crippen LogP contribution < -0.4 is 0 Å². The SMILES string of the molecule is C/C=C\C(=NC)C(=O)OC. The molecule has 0 saturated carbocycles. The first-order chi connectivity index (χ1) is 4.76. The molecule has 0 aliphatic carbocycles. The lowest BCUT2D eigenvalue weighted by Crippen LogP contribution is -2.12. The van der Waals surface area contributed by atoms with Gasteiger partial charge in [0.05, 0.1) is 7.11 Å². The van der Waals surface area contributed by atoms with E-state index in [0.29, 0.717) is 5.71 Å². The number of methoxy groups -OCH3 is 1. The molecule has 0 aliphatic rings. The molecule has 56 valence electrons. The highest BCUT2D eigenvalue weighted by molar-refractivity contribution is 6.41. The van der Waals surface area contributed by atoms with Crippen molar-refractivity contribution in [1.82, 2.24) is 0 Å². The Labute approximate surface area is 60.4 Å². The number of nitrogens with zero attached hydrogens (tertiary/aromatic N) is 1. The molecule has 0 rings (SSSR count). The molecule has 0 bridgehead atoms. The van der Waals surface area contributed by atoms with E-state index in [-0.39, 0.29) is 0 Å². The minimum Gasteiger partial charge on any atom is -0.464 e. The predicted octanol–water partition coefficient (Wildman–Crippen LogP) is 0.806. The van der Waals surface area contributed by atoms with Crippen molar-refractivity contribution in [3.05, 3.63) is 12.2 Å². The molecule has 0 aromatic heterocycles. The van der Waals surface area contributed by atoms with Crippen molar-refractivity contribution < 1.29 is 9.53 Å². The van der Waals surface area contributed by atoms with Crippen molar-refractivity contribution in [2.45, 2.75) is 6.92 Å². The van der Waals surface area contributed by atoms with Crippen LogP contribution in [0.15, 0.2) is 17.1 Å². The maximum absolute atomic E-state index is 10.7. The zero-order valence-corrected chi connectivity index (χ0v) is 6.42. The van der Waals surface area contributed by atoms with E-state index < -0.39 is 5.97 Å². The van der Waals surface area contributed by atoms with E-state index >= 15 is 0 Å². The van der Waals surface area contributed by atoms with Gasteiger partial charge in [0.2, 0.25) is 0 Å². The van der Waals surface area contributed by atoms with Crippen LogP contribution in [0.5, 0.6) is 0 Å². The zero-order valence-electron chi connectivity index (χ0n) is 6.42. The van der Waals surface area contributed by atoms with Gasteiger partial charge in [0.25, 0.3) is 0 Å². The zero-order chi connectivity index (χ0) is 7.98. The topological polar surface area (TPSA) is 38.7 Å². The van der Waals surface area contributed by atoms with E-state index in [1.165, 1.54) is 7.11 Å². The molecule has 0 unspecified atom stereocenters. The Kier molecular flexibility index (Phi) is 4.20. The Morgan fingerprint density at radius 3 is 2.50 bits per heavy atom. The number of hydrogen-bond donors (Lipinski definition) is 0. The van der Waals surface area contributed by atoms with E-state index in [9.17, 15) is 4.79 Å². The van der Waals surface area contributed by atoms with Gasteiger partial charge in [-0.1, -0.05) is 6.08 Å². The second-order valence-corrected chi connectivity index (χ2v) is 1.60. The average molecular weight is 141 g/mol. The van der Waals surface area contributed by atoms with Crippen LogP contribution in [-0.4, -0.2) is 25.8 Å². The number of esters is 1. The number of carbonyl (C=O) groups excluding carboxylic acids is 1. The van der Waals surface area contributed by atoms with E-state index in [4.69, 9.17) is 0 Å². The minimum atomic E-state index is -0.402. The Bertz CT molecular complexity index is 170. The molecule has 0 radical (unpaired) electrons. The average Bonchev–Trinajstić information content (AvgIpc) is 1.99. The monoisotopic (exact) mass is 141 g/mol. The van der Waals surface area contributed by atoms with E-state index in [2.05, 4.69) is 9.73 Å². The third-order valence-corrected chi connectivity index (χ3v) is 0.960. The van der Waals surface area contributed by atoms with Crippen LogP contribution in [0.3, 0.4) is 0 Å². The number of allylic oxidation sites excluding steroid dienone is 1. The fourth-order valence-electron chi connectivity index (χ4n) is 0.496. The second kappa shape index (κ2) is 4.73. The Morgan fingerprint density at radius 1 is 1.60 bits per heavy atom. The summed E-state index contributed by atoms with van der Waals surface area (Å²) in [5, 5.41) is 0. The molecule has 0 saturated heterocycles. The molecule has 0 N–H and O–H groups in total. The van der Waals surface area contributed by atoms with Crippen molar-refractivity contribution in [2.75, 3.05) is 14.2 Å². The van der Waals surface area contributed by atoms with Crippen molar-refractivity contribution in [3.63, 3.8) is 0 Å². The molecule has 3 heteroatoms. The maximum Gasteiger partial charge on any atom is 0.356 e. The highest BCUT2D eigenvalue weighted by Gasteiger charge is 2.04. The molecule has 0 aromatic carbocycles. The maximum atomic E-state index is 10.7. The van der Waals surface area contributed by atoms with Crippen molar-refractivity contribution in [2.24, 2.45) is 4.99 Å². The summed E-state index contributed by atoms with van der Waals surface area (Å²) < 4.78 is 4.43. The third kappa shape index (κ3) is 2.44. The van der Waals surface area contributed by atoms with Crippen LogP contribution >= 0.6 is 0 Å². The Morgan fingerprint density at radius 2 is 2.20 bits per heavy atom. The smallest absolute Gasteiger partial charge is 0.356 e. The lowest BCUT2D eigenvalue weighted by atomic mass is 10.3. The first-order valence-electron chi connectivity index (χ1n) is 2.94. The van der Waals surface area contributed by atoms with Crippen LogP contribution in [0.4, 0.5) is 0 Å². The summed E-state index contributed by atoms with van der Waals surface area (Å²) in [6.45, 7) is 1.81. The van der Waals surface area contributed by atoms with Crippen molar-refractivity contribution in [1.29, 1.82) is 0 Å². The Hall–Kier alpha value is -1.12. The van der Waals surface area contributed by atoms with Gasteiger partial charge >= 0.3 is 5.97 Å². The molecule has 0 aromatic rings. The number of rotatable bonds is 2. The first kappa shape index (κ1) is 8.88. The molecule has 0 spiro atoms. The normalized spacial score (nSPS) is 12.1. The van der Waals surface area contributed by atoms with Gasteiger partial charge in [-0.15, -0.1) is 0 Å². The first-order valence-corrected chi connectivity index (χ1v) is 2.94. The van der Waals surface area contributed by atoms with Crippen LogP contribution in [0.1, 0.15) is 6.92 Å². The Balaban J connectivity index is 4.23. The highest BCUT2D eigenvalue weighted by Crippen LogP contribution is 1.84. The number of hydrogen-bond acceptors (Lipinski definition) is 3. The van der Waals surface area contributed by atoms with Crippen LogP contribution in [0.25, 0.3) is 0 Å². The molecular formula is C7H11NO2. The van der Waals surface area contributed by atoms with Gasteiger partial charge in [-0.05, 0) is 13.0 Å². The van der Waals surface area contributed by atoms with E-state index in [1.54, 1.807) is 19.2 Å². The summed E-state index contributed by atoms with van der Waals surface area (Å²) in [5.41, 5.74) is 0.338. The van der Waals surface area contributed by atoms with E-state index in [1.807, 2.05) is 6.92 Å². The summed E-state index contributed by atoms with van der Waals surface area (Å²) >= 11 is 0. The molecule has 10 heavy (non-hydrogen) atoms. The van der Waals surface area contributed by atoms with Crippen LogP contribution in [0.2, 0.25) is 0 Å². The largest absolute Gasteiger partial charge is 0.464 e. The van der Waals surface area contributed by atoms with Gasteiger partial charge < -0.3 is 4.74 Å². The van der Waals surface area contributed by atoms with E-state index in [0.717, 1.165) is 0 Å². The van der Waals surface area contributed by atoms with Gasteiger partial charge in [-0.25, -0.2) is 4.79 Å². The summed E-state index contributed by atoms with van der Waals surface area (Å²) in [5.74, 6) is -0.402. The lowest BCUT2D eigenvalue weighted by molar-refractivity contribution is -0.132. The molecule has 3 nitrogen and oxygen atoms in total. The van der Waals surface area contributed by atoms with Gasteiger partial charge in [0, 0.05) is 7.05 Å².